The first-order valence-electron chi connectivity index (χ1n) is 3.75. The Morgan fingerprint density at radius 2 is 2.25 bits per heavy atom. The fourth-order valence-electron chi connectivity index (χ4n) is 0.980. The van der Waals surface area contributed by atoms with Crippen LogP contribution in [0.1, 0.15) is 11.1 Å². The third-order valence-electron chi connectivity index (χ3n) is 1.72. The summed E-state index contributed by atoms with van der Waals surface area (Å²) in [4.78, 5) is 4.67. The van der Waals surface area contributed by atoms with Gasteiger partial charge in [0.05, 0.1) is 7.11 Å². The minimum Gasteiger partial charge on any atom is -0.305 e. The van der Waals surface area contributed by atoms with Gasteiger partial charge in [0.25, 0.3) is 0 Å². The van der Waals surface area contributed by atoms with E-state index >= 15 is 0 Å². The lowest BCUT2D eigenvalue weighted by Gasteiger charge is -2.05. The van der Waals surface area contributed by atoms with Crippen LogP contribution in [0.15, 0.2) is 18.2 Å². The highest BCUT2D eigenvalue weighted by molar-refractivity contribution is 5.26. The molecule has 0 saturated carbocycles. The second kappa shape index (κ2) is 4.18. The molecule has 0 amide bonds. The summed E-state index contributed by atoms with van der Waals surface area (Å²) in [5.74, 6) is -0.214. The van der Waals surface area contributed by atoms with Crippen LogP contribution in [0.4, 0.5) is 4.39 Å². The minimum atomic E-state index is -0.214. The van der Waals surface area contributed by atoms with Gasteiger partial charge in [0.2, 0.25) is 0 Å². The van der Waals surface area contributed by atoms with E-state index in [2.05, 4.69) is 10.3 Å². The third kappa shape index (κ3) is 2.29. The van der Waals surface area contributed by atoms with E-state index in [9.17, 15) is 4.39 Å². The monoisotopic (exact) mass is 169 g/mol. The highest BCUT2D eigenvalue weighted by atomic mass is 19.1. The largest absolute Gasteiger partial charge is 0.305 e. The zero-order valence-corrected chi connectivity index (χ0v) is 7.23. The smallest absolute Gasteiger partial charge is 0.123 e. The van der Waals surface area contributed by atoms with Crippen molar-refractivity contribution in [1.82, 2.24) is 5.48 Å². The summed E-state index contributed by atoms with van der Waals surface area (Å²) in [5, 5.41) is 0. The van der Waals surface area contributed by atoms with Crippen LogP contribution in [0, 0.1) is 12.7 Å². The van der Waals surface area contributed by atoms with E-state index in [0.717, 1.165) is 11.1 Å². The standard InChI is InChI=1S/C9H12FNO/c1-7-3-4-9(10)5-8(7)6-11-12-2/h3-5,11H,6H2,1-2H3. The average molecular weight is 169 g/mol. The maximum Gasteiger partial charge on any atom is 0.123 e. The molecule has 0 saturated heterocycles. The van der Waals surface area contributed by atoms with E-state index in [1.54, 1.807) is 6.07 Å². The number of nitrogens with one attached hydrogen (secondary N) is 1. The van der Waals surface area contributed by atoms with Crippen molar-refractivity contribution in [2.45, 2.75) is 13.5 Å². The SMILES string of the molecule is CONCc1cc(F)ccc1C. The first-order chi connectivity index (χ1) is 5.74. The van der Waals surface area contributed by atoms with Crippen molar-refractivity contribution in [2.75, 3.05) is 7.11 Å². The quantitative estimate of drug-likeness (QED) is 0.696. The number of hydrogen-bond acceptors (Lipinski definition) is 2. The van der Waals surface area contributed by atoms with Crippen LogP contribution < -0.4 is 5.48 Å². The van der Waals surface area contributed by atoms with E-state index in [-0.39, 0.29) is 5.82 Å². The summed E-state index contributed by atoms with van der Waals surface area (Å²) in [7, 11) is 1.54. The number of halogens is 1. The van der Waals surface area contributed by atoms with E-state index in [4.69, 9.17) is 0 Å². The molecule has 0 spiro atoms. The molecule has 0 aliphatic rings. The lowest BCUT2D eigenvalue weighted by Crippen LogP contribution is -2.11. The van der Waals surface area contributed by atoms with E-state index in [0.29, 0.717) is 6.54 Å². The fraction of sp³-hybridized carbons (Fsp3) is 0.333. The fourth-order valence-corrected chi connectivity index (χ4v) is 0.980. The highest BCUT2D eigenvalue weighted by Crippen LogP contribution is 2.09. The molecular weight excluding hydrogens is 157 g/mol. The molecule has 0 fully saturated rings. The van der Waals surface area contributed by atoms with Gasteiger partial charge in [0.15, 0.2) is 0 Å². The van der Waals surface area contributed by atoms with Crippen LogP contribution in [-0.4, -0.2) is 7.11 Å². The van der Waals surface area contributed by atoms with E-state index < -0.39 is 0 Å². The normalized spacial score (nSPS) is 10.2. The molecule has 12 heavy (non-hydrogen) atoms. The first-order valence-corrected chi connectivity index (χ1v) is 3.75. The van der Waals surface area contributed by atoms with Gasteiger partial charge in [-0.1, -0.05) is 6.07 Å². The van der Waals surface area contributed by atoms with Crippen molar-refractivity contribution >= 4 is 0 Å². The van der Waals surface area contributed by atoms with Crippen LogP contribution >= 0.6 is 0 Å². The van der Waals surface area contributed by atoms with Gasteiger partial charge in [-0.15, -0.1) is 0 Å². The molecule has 66 valence electrons. The topological polar surface area (TPSA) is 21.3 Å². The van der Waals surface area contributed by atoms with Crippen molar-refractivity contribution in [1.29, 1.82) is 0 Å². The molecule has 0 bridgehead atoms. The predicted octanol–water partition coefficient (Wildman–Crippen LogP) is 1.79. The van der Waals surface area contributed by atoms with Gasteiger partial charge >= 0.3 is 0 Å². The number of hydroxylamine groups is 1. The maximum atomic E-state index is 12.7. The Labute approximate surface area is 71.3 Å². The summed E-state index contributed by atoms with van der Waals surface area (Å²) in [6.45, 7) is 2.46. The summed E-state index contributed by atoms with van der Waals surface area (Å²) >= 11 is 0. The first kappa shape index (κ1) is 9.16. The maximum absolute atomic E-state index is 12.7. The van der Waals surface area contributed by atoms with Crippen LogP contribution in [0.25, 0.3) is 0 Å². The molecule has 0 atom stereocenters. The van der Waals surface area contributed by atoms with Gasteiger partial charge < -0.3 is 4.84 Å². The predicted molar refractivity (Wildman–Crippen MR) is 45.0 cm³/mol. The summed E-state index contributed by atoms with van der Waals surface area (Å²) < 4.78 is 12.7. The molecule has 1 rings (SSSR count). The Morgan fingerprint density at radius 1 is 1.50 bits per heavy atom. The Balaban J connectivity index is 2.75. The number of rotatable bonds is 3. The zero-order chi connectivity index (χ0) is 8.97. The third-order valence-corrected chi connectivity index (χ3v) is 1.72. The highest BCUT2D eigenvalue weighted by Gasteiger charge is 1.98. The number of benzene rings is 1. The molecule has 0 aliphatic heterocycles. The van der Waals surface area contributed by atoms with Gasteiger partial charge in [-0.3, -0.25) is 0 Å². The second-order valence-corrected chi connectivity index (χ2v) is 2.60. The number of hydrogen-bond donors (Lipinski definition) is 1. The second-order valence-electron chi connectivity index (χ2n) is 2.60. The lowest BCUT2D eigenvalue weighted by molar-refractivity contribution is 0.0865. The van der Waals surface area contributed by atoms with Crippen molar-refractivity contribution in [3.8, 4) is 0 Å². The van der Waals surface area contributed by atoms with Crippen molar-refractivity contribution in [2.24, 2.45) is 0 Å². The molecule has 0 heterocycles. The summed E-state index contributed by atoms with van der Waals surface area (Å²) in [5.41, 5.74) is 4.64. The van der Waals surface area contributed by atoms with E-state index in [1.165, 1.54) is 19.2 Å². The molecule has 1 N–H and O–H groups in total. The van der Waals surface area contributed by atoms with Gasteiger partial charge in [-0.25, -0.2) is 4.39 Å². The van der Waals surface area contributed by atoms with E-state index in [1.807, 2.05) is 6.92 Å². The Bertz CT molecular complexity index is 263. The molecule has 0 aromatic heterocycles. The van der Waals surface area contributed by atoms with Gasteiger partial charge in [-0.05, 0) is 30.2 Å². The average Bonchev–Trinajstić information content (AvgIpc) is 2.07. The molecule has 0 radical (unpaired) electrons. The molecule has 0 aliphatic carbocycles. The zero-order valence-electron chi connectivity index (χ0n) is 7.23. The molecule has 3 heteroatoms. The molecule has 0 unspecified atom stereocenters. The minimum absolute atomic E-state index is 0.214. The van der Waals surface area contributed by atoms with Crippen molar-refractivity contribution in [3.05, 3.63) is 35.1 Å². The van der Waals surface area contributed by atoms with Crippen LogP contribution in [0.2, 0.25) is 0 Å². The van der Waals surface area contributed by atoms with Crippen LogP contribution in [0.5, 0.6) is 0 Å². The van der Waals surface area contributed by atoms with Crippen LogP contribution in [0.3, 0.4) is 0 Å². The van der Waals surface area contributed by atoms with Crippen molar-refractivity contribution in [3.63, 3.8) is 0 Å². The van der Waals surface area contributed by atoms with Crippen molar-refractivity contribution < 1.29 is 9.23 Å². The Kier molecular flexibility index (Phi) is 3.19. The molecule has 1 aromatic rings. The Morgan fingerprint density at radius 3 is 2.92 bits per heavy atom. The summed E-state index contributed by atoms with van der Waals surface area (Å²) in [6.07, 6.45) is 0. The molecule has 2 nitrogen and oxygen atoms in total. The van der Waals surface area contributed by atoms with Gasteiger partial charge in [0.1, 0.15) is 5.82 Å². The summed E-state index contributed by atoms with van der Waals surface area (Å²) in [6, 6.07) is 4.70. The molecular formula is C9H12FNO. The molecule has 1 aromatic carbocycles. The lowest BCUT2D eigenvalue weighted by atomic mass is 10.1. The van der Waals surface area contributed by atoms with Gasteiger partial charge in [-0.2, -0.15) is 5.48 Å². The number of aryl methyl sites for hydroxylation is 1. The Hall–Kier alpha value is -0.930. The van der Waals surface area contributed by atoms with Crippen LogP contribution in [-0.2, 0) is 11.4 Å². The van der Waals surface area contributed by atoms with Gasteiger partial charge in [0, 0.05) is 6.54 Å².